The maximum atomic E-state index is 11.9. The third-order valence-electron chi connectivity index (χ3n) is 6.89. The number of unbranched alkanes of at least 4 members (excludes halogenated alkanes) is 4. The van der Waals surface area contributed by atoms with Crippen molar-refractivity contribution in [3.05, 3.63) is 0 Å². The van der Waals surface area contributed by atoms with E-state index in [1.807, 2.05) is 0 Å². The van der Waals surface area contributed by atoms with Gasteiger partial charge in [-0.25, -0.2) is 0 Å². The number of carbonyl (C=O) groups is 1. The van der Waals surface area contributed by atoms with Gasteiger partial charge in [-0.05, 0) is 81.0 Å². The van der Waals surface area contributed by atoms with E-state index in [1.54, 1.807) is 19.3 Å². The van der Waals surface area contributed by atoms with Gasteiger partial charge in [0.2, 0.25) is 0 Å². The molecule has 0 N–H and O–H groups in total. The van der Waals surface area contributed by atoms with Gasteiger partial charge < -0.3 is 0 Å². The van der Waals surface area contributed by atoms with Crippen LogP contribution in [0.25, 0.3) is 0 Å². The van der Waals surface area contributed by atoms with Gasteiger partial charge in [0.05, 0.1) is 0 Å². The molecular formula is C21H36O. The molecule has 0 unspecified atom stereocenters. The van der Waals surface area contributed by atoms with E-state index < -0.39 is 0 Å². The Bertz CT molecular complexity index is 335. The summed E-state index contributed by atoms with van der Waals surface area (Å²) in [5, 5.41) is 0. The summed E-state index contributed by atoms with van der Waals surface area (Å²) in [6.07, 6.45) is 19.8. The van der Waals surface area contributed by atoms with Crippen LogP contribution in [0.5, 0.6) is 0 Å². The van der Waals surface area contributed by atoms with Crippen LogP contribution in [0.3, 0.4) is 0 Å². The first-order chi connectivity index (χ1) is 10.7. The lowest BCUT2D eigenvalue weighted by Crippen LogP contribution is -2.45. The highest BCUT2D eigenvalue weighted by molar-refractivity contribution is 5.78. The van der Waals surface area contributed by atoms with Crippen LogP contribution in [0.4, 0.5) is 0 Å². The standard InChI is InChI=1S/C21H36O/c1-2-3-4-5-8-20(22)9-6-7-10-21-14-17-11-18(15-21)13-19(12-17)16-21/h17-19H,2-16H2,1H3. The van der Waals surface area contributed by atoms with Crippen molar-refractivity contribution in [1.82, 2.24) is 0 Å². The normalized spacial score (nSPS) is 36.0. The molecule has 4 bridgehead atoms. The monoisotopic (exact) mass is 304 g/mol. The first-order valence-electron chi connectivity index (χ1n) is 10.2. The van der Waals surface area contributed by atoms with Crippen molar-refractivity contribution in [2.45, 2.75) is 103 Å². The van der Waals surface area contributed by atoms with Crippen LogP contribution in [0.15, 0.2) is 0 Å². The molecule has 1 nitrogen and oxygen atoms in total. The molecule has 126 valence electrons. The Balaban J connectivity index is 1.31. The number of rotatable bonds is 10. The highest BCUT2D eigenvalue weighted by atomic mass is 16.1. The average Bonchev–Trinajstić information content (AvgIpc) is 2.47. The number of hydrogen-bond acceptors (Lipinski definition) is 1. The second-order valence-electron chi connectivity index (χ2n) is 8.97. The molecule has 0 heterocycles. The molecule has 0 amide bonds. The smallest absolute Gasteiger partial charge is 0.132 e. The van der Waals surface area contributed by atoms with Crippen LogP contribution >= 0.6 is 0 Å². The minimum Gasteiger partial charge on any atom is -0.300 e. The average molecular weight is 305 g/mol. The zero-order chi connectivity index (χ0) is 15.4. The summed E-state index contributed by atoms with van der Waals surface area (Å²) in [4.78, 5) is 11.9. The molecule has 22 heavy (non-hydrogen) atoms. The van der Waals surface area contributed by atoms with E-state index in [9.17, 15) is 4.79 Å². The zero-order valence-electron chi connectivity index (χ0n) is 14.7. The summed E-state index contributed by atoms with van der Waals surface area (Å²) in [5.41, 5.74) is 0.721. The quantitative estimate of drug-likeness (QED) is 0.433. The van der Waals surface area contributed by atoms with Crippen molar-refractivity contribution < 1.29 is 4.79 Å². The molecule has 0 spiro atoms. The van der Waals surface area contributed by atoms with E-state index in [2.05, 4.69) is 6.92 Å². The van der Waals surface area contributed by atoms with Crippen molar-refractivity contribution in [2.24, 2.45) is 23.2 Å². The van der Waals surface area contributed by atoms with Crippen molar-refractivity contribution in [1.29, 1.82) is 0 Å². The van der Waals surface area contributed by atoms with Crippen LogP contribution in [0, 0.1) is 23.2 Å². The van der Waals surface area contributed by atoms with Crippen LogP contribution in [0.2, 0.25) is 0 Å². The third kappa shape index (κ3) is 4.15. The lowest BCUT2D eigenvalue weighted by molar-refractivity contribution is -0.119. The number of hydrogen-bond donors (Lipinski definition) is 0. The fraction of sp³-hybridized carbons (Fsp3) is 0.952. The van der Waals surface area contributed by atoms with Gasteiger partial charge in [-0.1, -0.05) is 32.6 Å². The maximum absolute atomic E-state index is 11.9. The predicted molar refractivity (Wildman–Crippen MR) is 92.8 cm³/mol. The fourth-order valence-electron chi connectivity index (χ4n) is 6.29. The molecule has 0 aliphatic heterocycles. The van der Waals surface area contributed by atoms with Gasteiger partial charge in [0.15, 0.2) is 0 Å². The van der Waals surface area contributed by atoms with Gasteiger partial charge in [-0.15, -0.1) is 0 Å². The Morgan fingerprint density at radius 3 is 1.91 bits per heavy atom. The maximum Gasteiger partial charge on any atom is 0.132 e. The number of carbonyl (C=O) groups excluding carboxylic acids is 1. The molecule has 0 radical (unpaired) electrons. The molecular weight excluding hydrogens is 268 g/mol. The Morgan fingerprint density at radius 1 is 0.818 bits per heavy atom. The van der Waals surface area contributed by atoms with E-state index in [4.69, 9.17) is 0 Å². The largest absolute Gasteiger partial charge is 0.300 e. The molecule has 4 saturated carbocycles. The lowest BCUT2D eigenvalue weighted by atomic mass is 9.48. The Hall–Kier alpha value is -0.330. The van der Waals surface area contributed by atoms with E-state index in [0.717, 1.165) is 48.9 Å². The minimum atomic E-state index is 0.529. The lowest BCUT2D eigenvalue weighted by Gasteiger charge is -2.57. The van der Waals surface area contributed by atoms with Crippen LogP contribution in [-0.2, 0) is 4.79 Å². The Labute approximate surface area is 137 Å². The van der Waals surface area contributed by atoms with E-state index in [-0.39, 0.29) is 0 Å². The van der Waals surface area contributed by atoms with Crippen LogP contribution < -0.4 is 0 Å². The van der Waals surface area contributed by atoms with Gasteiger partial charge in [-0.3, -0.25) is 4.79 Å². The van der Waals surface area contributed by atoms with Gasteiger partial charge >= 0.3 is 0 Å². The predicted octanol–water partition coefficient (Wildman–Crippen LogP) is 6.30. The summed E-state index contributed by atoms with van der Waals surface area (Å²) in [6, 6.07) is 0. The van der Waals surface area contributed by atoms with Crippen LogP contribution in [0.1, 0.15) is 103 Å². The van der Waals surface area contributed by atoms with Crippen molar-refractivity contribution in [2.75, 3.05) is 0 Å². The third-order valence-corrected chi connectivity index (χ3v) is 6.89. The van der Waals surface area contributed by atoms with Gasteiger partial charge in [0, 0.05) is 12.8 Å². The van der Waals surface area contributed by atoms with Gasteiger partial charge in [-0.2, -0.15) is 0 Å². The molecule has 0 atom stereocenters. The number of ketones is 1. The Morgan fingerprint density at radius 2 is 1.36 bits per heavy atom. The summed E-state index contributed by atoms with van der Waals surface area (Å²) in [7, 11) is 0. The minimum absolute atomic E-state index is 0.529. The first kappa shape index (κ1) is 16.5. The summed E-state index contributed by atoms with van der Waals surface area (Å²) in [5.74, 6) is 3.76. The van der Waals surface area contributed by atoms with Gasteiger partial charge in [0.25, 0.3) is 0 Å². The van der Waals surface area contributed by atoms with E-state index >= 15 is 0 Å². The molecule has 0 saturated heterocycles. The van der Waals surface area contributed by atoms with Crippen molar-refractivity contribution in [3.63, 3.8) is 0 Å². The molecule has 0 aromatic carbocycles. The first-order valence-corrected chi connectivity index (χ1v) is 10.2. The fourth-order valence-corrected chi connectivity index (χ4v) is 6.29. The molecule has 1 heteroatoms. The molecule has 4 rings (SSSR count). The highest BCUT2D eigenvalue weighted by Crippen LogP contribution is 2.61. The second kappa shape index (κ2) is 7.49. The summed E-state index contributed by atoms with van der Waals surface area (Å²) in [6.45, 7) is 2.23. The van der Waals surface area contributed by atoms with Crippen molar-refractivity contribution >= 4 is 5.78 Å². The molecule has 4 aliphatic rings. The van der Waals surface area contributed by atoms with Crippen molar-refractivity contribution in [3.8, 4) is 0 Å². The van der Waals surface area contributed by atoms with E-state index in [1.165, 1.54) is 51.4 Å². The summed E-state index contributed by atoms with van der Waals surface area (Å²) >= 11 is 0. The Kier molecular flexibility index (Phi) is 5.63. The van der Waals surface area contributed by atoms with Gasteiger partial charge in [0.1, 0.15) is 5.78 Å². The summed E-state index contributed by atoms with van der Waals surface area (Å²) < 4.78 is 0. The van der Waals surface area contributed by atoms with Crippen LogP contribution in [-0.4, -0.2) is 5.78 Å². The highest BCUT2D eigenvalue weighted by Gasteiger charge is 2.50. The second-order valence-corrected chi connectivity index (χ2v) is 8.97. The molecule has 4 aliphatic carbocycles. The number of Topliss-reactive ketones (excluding diaryl/α,β-unsaturated/α-hetero) is 1. The topological polar surface area (TPSA) is 17.1 Å². The molecule has 0 aromatic heterocycles. The molecule has 0 aromatic rings. The van der Waals surface area contributed by atoms with E-state index in [0.29, 0.717) is 5.78 Å². The SMILES string of the molecule is CCCCCCC(=O)CCCCC12CC3CC(CC(C3)C1)C2. The zero-order valence-corrected chi connectivity index (χ0v) is 14.7. The molecule has 4 fully saturated rings.